The maximum absolute atomic E-state index is 9.54. The minimum atomic E-state index is -0.313. The lowest BCUT2D eigenvalue weighted by Crippen LogP contribution is -2.20. The zero-order valence-corrected chi connectivity index (χ0v) is 10.4. The summed E-state index contributed by atoms with van der Waals surface area (Å²) in [7, 11) is 0. The van der Waals surface area contributed by atoms with Crippen LogP contribution in [0.15, 0.2) is 54.2 Å². The Kier molecular flexibility index (Phi) is 2.77. The second-order valence-corrected chi connectivity index (χ2v) is 4.43. The average Bonchev–Trinajstić information content (AvgIpc) is 2.46. The van der Waals surface area contributed by atoms with Gasteiger partial charge in [0.05, 0.1) is 5.92 Å². The number of allylic oxidation sites excluding steroid dienone is 1. The van der Waals surface area contributed by atoms with Crippen LogP contribution in [0.4, 0.5) is 0 Å². The quantitative estimate of drug-likeness (QED) is 0.822. The summed E-state index contributed by atoms with van der Waals surface area (Å²) >= 11 is 0. The van der Waals surface area contributed by atoms with Gasteiger partial charge in [-0.2, -0.15) is 5.26 Å². The van der Waals surface area contributed by atoms with Crippen molar-refractivity contribution in [3.63, 3.8) is 0 Å². The van der Waals surface area contributed by atoms with Gasteiger partial charge in [-0.1, -0.05) is 6.07 Å². The van der Waals surface area contributed by atoms with Crippen LogP contribution in [0.1, 0.15) is 17.0 Å². The Morgan fingerprint density at radius 3 is 2.70 bits per heavy atom. The highest BCUT2D eigenvalue weighted by atomic mass is 16.5. The highest BCUT2D eigenvalue weighted by molar-refractivity contribution is 5.56. The molecule has 1 aromatic carbocycles. The summed E-state index contributed by atoms with van der Waals surface area (Å²) in [6.07, 6.45) is 3.33. The molecule has 0 radical (unpaired) electrons. The zero-order chi connectivity index (χ0) is 14.1. The predicted octanol–water partition coefficient (Wildman–Crippen LogP) is 2.01. The maximum Gasteiger partial charge on any atom is 0.205 e. The average molecular weight is 265 g/mol. The molecule has 1 aliphatic heterocycles. The van der Waals surface area contributed by atoms with Crippen molar-refractivity contribution in [2.45, 2.75) is 5.92 Å². The number of rotatable bonds is 1. The smallest absolute Gasteiger partial charge is 0.205 e. The van der Waals surface area contributed by atoms with E-state index in [1.54, 1.807) is 24.5 Å². The molecule has 0 spiro atoms. The van der Waals surface area contributed by atoms with Gasteiger partial charge in [0.15, 0.2) is 0 Å². The Morgan fingerprint density at radius 1 is 1.25 bits per heavy atom. The molecular formula is C15H11N3O2. The summed E-state index contributed by atoms with van der Waals surface area (Å²) < 4.78 is 5.43. The number of aromatic nitrogens is 1. The lowest BCUT2D eigenvalue weighted by molar-refractivity contribution is 0.388. The van der Waals surface area contributed by atoms with Gasteiger partial charge in [0.1, 0.15) is 23.1 Å². The van der Waals surface area contributed by atoms with Gasteiger partial charge in [-0.25, -0.2) is 0 Å². The maximum atomic E-state index is 9.54. The lowest BCUT2D eigenvalue weighted by Gasteiger charge is -2.26. The fraction of sp³-hybridized carbons (Fsp3) is 0.0667. The monoisotopic (exact) mass is 265 g/mol. The molecule has 5 heteroatoms. The van der Waals surface area contributed by atoms with E-state index in [4.69, 9.17) is 10.5 Å². The molecule has 0 aliphatic carbocycles. The fourth-order valence-corrected chi connectivity index (χ4v) is 2.34. The number of fused-ring (bicyclic) bond motifs is 1. The third-order valence-electron chi connectivity index (χ3n) is 3.24. The molecule has 3 N–H and O–H groups in total. The minimum Gasteiger partial charge on any atom is -0.508 e. The molecular weight excluding hydrogens is 254 g/mol. The van der Waals surface area contributed by atoms with Gasteiger partial charge in [-0.3, -0.25) is 4.98 Å². The second kappa shape index (κ2) is 4.59. The van der Waals surface area contributed by atoms with Crippen LogP contribution in [0, 0.1) is 11.3 Å². The van der Waals surface area contributed by atoms with E-state index in [0.717, 1.165) is 11.1 Å². The van der Waals surface area contributed by atoms with Crippen LogP contribution in [0.5, 0.6) is 11.5 Å². The van der Waals surface area contributed by atoms with Gasteiger partial charge in [-0.15, -0.1) is 0 Å². The van der Waals surface area contributed by atoms with Crippen molar-refractivity contribution in [2.75, 3.05) is 0 Å². The number of phenolic OH excluding ortho intramolecular Hbond substituents is 1. The third kappa shape index (κ3) is 1.84. The first-order valence-electron chi connectivity index (χ1n) is 6.01. The normalized spacial score (nSPS) is 17.1. The Balaban J connectivity index is 2.23. The number of aromatic hydroxyl groups is 1. The first-order chi connectivity index (χ1) is 9.70. The summed E-state index contributed by atoms with van der Waals surface area (Å²) in [5.41, 5.74) is 7.87. The van der Waals surface area contributed by atoms with Gasteiger partial charge in [0.2, 0.25) is 5.88 Å². The fourth-order valence-electron chi connectivity index (χ4n) is 2.34. The SMILES string of the molecule is N#CC1=C(N)Oc2cc(O)ccc2[C@H]1c1ccncc1. The molecule has 98 valence electrons. The predicted molar refractivity (Wildman–Crippen MR) is 71.6 cm³/mol. The van der Waals surface area contributed by atoms with Crippen LogP contribution in [0.2, 0.25) is 0 Å². The van der Waals surface area contributed by atoms with Crippen LogP contribution in [-0.2, 0) is 0 Å². The molecule has 0 fully saturated rings. The van der Waals surface area contributed by atoms with Crippen molar-refractivity contribution in [3.05, 3.63) is 65.3 Å². The molecule has 2 aromatic rings. The van der Waals surface area contributed by atoms with E-state index in [9.17, 15) is 10.4 Å². The van der Waals surface area contributed by atoms with E-state index in [2.05, 4.69) is 11.1 Å². The van der Waals surface area contributed by atoms with E-state index in [-0.39, 0.29) is 17.6 Å². The van der Waals surface area contributed by atoms with E-state index >= 15 is 0 Å². The number of pyridine rings is 1. The van der Waals surface area contributed by atoms with Crippen LogP contribution < -0.4 is 10.5 Å². The highest BCUT2D eigenvalue weighted by Gasteiger charge is 2.30. The Hall–Kier alpha value is -3.00. The van der Waals surface area contributed by atoms with Crippen molar-refractivity contribution in [1.82, 2.24) is 4.98 Å². The van der Waals surface area contributed by atoms with E-state index in [0.29, 0.717) is 11.3 Å². The number of phenols is 1. The van der Waals surface area contributed by atoms with Crippen LogP contribution >= 0.6 is 0 Å². The van der Waals surface area contributed by atoms with Crippen molar-refractivity contribution < 1.29 is 9.84 Å². The molecule has 0 saturated heterocycles. The van der Waals surface area contributed by atoms with Crippen molar-refractivity contribution in [1.29, 1.82) is 5.26 Å². The summed E-state index contributed by atoms with van der Waals surface area (Å²) in [5.74, 6) is 0.300. The number of hydrogen-bond donors (Lipinski definition) is 2. The summed E-state index contributed by atoms with van der Waals surface area (Å²) in [4.78, 5) is 3.98. The Morgan fingerprint density at radius 2 is 2.00 bits per heavy atom. The van der Waals surface area contributed by atoms with E-state index in [1.165, 1.54) is 6.07 Å². The van der Waals surface area contributed by atoms with Crippen LogP contribution in [0.25, 0.3) is 0 Å². The van der Waals surface area contributed by atoms with Gasteiger partial charge in [0, 0.05) is 24.0 Å². The minimum absolute atomic E-state index is 0.0624. The number of nitrogens with two attached hydrogens (primary N) is 1. The van der Waals surface area contributed by atoms with E-state index < -0.39 is 0 Å². The molecule has 1 aromatic heterocycles. The molecule has 0 saturated carbocycles. The molecule has 1 atom stereocenters. The second-order valence-electron chi connectivity index (χ2n) is 4.43. The number of benzene rings is 1. The lowest BCUT2D eigenvalue weighted by atomic mass is 9.84. The largest absolute Gasteiger partial charge is 0.508 e. The third-order valence-corrected chi connectivity index (χ3v) is 3.24. The topological polar surface area (TPSA) is 92.2 Å². The van der Waals surface area contributed by atoms with Gasteiger partial charge in [-0.05, 0) is 23.8 Å². The van der Waals surface area contributed by atoms with Gasteiger partial charge >= 0.3 is 0 Å². The summed E-state index contributed by atoms with van der Waals surface area (Å²) in [6.45, 7) is 0. The van der Waals surface area contributed by atoms with Gasteiger partial charge in [0.25, 0.3) is 0 Å². The number of nitriles is 1. The summed E-state index contributed by atoms with van der Waals surface area (Å²) in [6, 6.07) is 10.6. The first kappa shape index (κ1) is 12.1. The van der Waals surface area contributed by atoms with Crippen molar-refractivity contribution in [2.24, 2.45) is 5.73 Å². The number of ether oxygens (including phenoxy) is 1. The number of hydrogen-bond acceptors (Lipinski definition) is 5. The van der Waals surface area contributed by atoms with Gasteiger partial charge < -0.3 is 15.6 Å². The molecule has 0 unspecified atom stereocenters. The molecule has 3 rings (SSSR count). The van der Waals surface area contributed by atoms with Crippen LogP contribution in [0.3, 0.4) is 0 Å². The Bertz CT molecular complexity index is 733. The molecule has 0 amide bonds. The molecule has 0 bridgehead atoms. The zero-order valence-electron chi connectivity index (χ0n) is 10.4. The van der Waals surface area contributed by atoms with Crippen LogP contribution in [-0.4, -0.2) is 10.1 Å². The Labute approximate surface area is 115 Å². The number of nitrogens with zero attached hydrogens (tertiary/aromatic N) is 2. The van der Waals surface area contributed by atoms with Crippen molar-refractivity contribution in [3.8, 4) is 17.6 Å². The first-order valence-corrected chi connectivity index (χ1v) is 6.01. The van der Waals surface area contributed by atoms with Crippen molar-refractivity contribution >= 4 is 0 Å². The summed E-state index contributed by atoms with van der Waals surface area (Å²) in [5, 5.41) is 18.9. The highest BCUT2D eigenvalue weighted by Crippen LogP contribution is 2.42. The molecule has 1 aliphatic rings. The molecule has 2 heterocycles. The molecule has 5 nitrogen and oxygen atoms in total. The van der Waals surface area contributed by atoms with E-state index in [1.807, 2.05) is 12.1 Å². The molecule has 20 heavy (non-hydrogen) atoms. The standard InChI is InChI=1S/C15H11N3O2/c16-8-12-14(9-3-5-18-6-4-9)11-2-1-10(19)7-13(11)20-15(12)17/h1-7,14,19H,17H2/t14-/m1/s1.